The summed E-state index contributed by atoms with van der Waals surface area (Å²) in [5.41, 5.74) is -2.96. The van der Waals surface area contributed by atoms with Crippen LogP contribution in [0.4, 0.5) is 29.1 Å². The van der Waals surface area contributed by atoms with Crippen molar-refractivity contribution < 1.29 is 22.2 Å². The van der Waals surface area contributed by atoms with Gasteiger partial charge in [0, 0.05) is 0 Å². The SMILES string of the molecule is O=c1[nH]c2nonc2nc1Nc1cccc(C(F)(F)F)c1F. The van der Waals surface area contributed by atoms with Gasteiger partial charge in [-0.25, -0.2) is 9.02 Å². The van der Waals surface area contributed by atoms with Crippen molar-refractivity contribution in [3.8, 4) is 0 Å². The van der Waals surface area contributed by atoms with Crippen LogP contribution in [0, 0.1) is 5.82 Å². The smallest absolute Gasteiger partial charge is 0.333 e. The number of rotatable bonds is 2. The molecule has 0 aliphatic carbocycles. The lowest BCUT2D eigenvalue weighted by Gasteiger charge is -2.11. The molecule has 0 radical (unpaired) electrons. The number of nitrogens with one attached hydrogen (secondary N) is 2. The van der Waals surface area contributed by atoms with Crippen molar-refractivity contribution in [3.63, 3.8) is 0 Å². The maximum absolute atomic E-state index is 13.9. The second-order valence-electron chi connectivity index (χ2n) is 4.14. The predicted octanol–water partition coefficient (Wildman–Crippen LogP) is 2.21. The fraction of sp³-hybridized carbons (Fsp3) is 0.0909. The maximum atomic E-state index is 13.9. The van der Waals surface area contributed by atoms with Gasteiger partial charge in [0.25, 0.3) is 5.56 Å². The van der Waals surface area contributed by atoms with Crippen LogP contribution in [0.25, 0.3) is 11.3 Å². The molecule has 0 spiro atoms. The van der Waals surface area contributed by atoms with Crippen molar-refractivity contribution in [3.05, 3.63) is 39.9 Å². The second kappa shape index (κ2) is 4.79. The summed E-state index contributed by atoms with van der Waals surface area (Å²) in [5.74, 6) is -1.99. The number of aromatic amines is 1. The highest BCUT2D eigenvalue weighted by Crippen LogP contribution is 2.34. The number of anilines is 2. The largest absolute Gasteiger partial charge is 0.419 e. The first-order chi connectivity index (χ1) is 10.4. The van der Waals surface area contributed by atoms with Crippen LogP contribution in [0.3, 0.4) is 0 Å². The van der Waals surface area contributed by atoms with Gasteiger partial charge >= 0.3 is 6.18 Å². The van der Waals surface area contributed by atoms with E-state index in [2.05, 4.69) is 30.2 Å². The summed E-state index contributed by atoms with van der Waals surface area (Å²) in [4.78, 5) is 17.6. The molecule has 0 atom stereocenters. The molecule has 2 N–H and O–H groups in total. The van der Waals surface area contributed by atoms with E-state index < -0.39 is 34.6 Å². The summed E-state index contributed by atoms with van der Waals surface area (Å²) < 4.78 is 56.1. The molecule has 0 unspecified atom stereocenters. The van der Waals surface area contributed by atoms with Gasteiger partial charge in [0.15, 0.2) is 11.6 Å². The number of hydrogen-bond acceptors (Lipinski definition) is 6. The molecule has 0 bridgehead atoms. The first-order valence-electron chi connectivity index (χ1n) is 5.71. The third-order valence-corrected chi connectivity index (χ3v) is 2.69. The summed E-state index contributed by atoms with van der Waals surface area (Å²) in [5, 5.41) is 8.89. The Labute approximate surface area is 117 Å². The van der Waals surface area contributed by atoms with Gasteiger partial charge in [-0.3, -0.25) is 9.78 Å². The van der Waals surface area contributed by atoms with E-state index in [9.17, 15) is 22.4 Å². The Morgan fingerprint density at radius 3 is 2.73 bits per heavy atom. The Kier molecular flexibility index (Phi) is 3.04. The third-order valence-electron chi connectivity index (χ3n) is 2.69. The van der Waals surface area contributed by atoms with Gasteiger partial charge in [-0.1, -0.05) is 6.07 Å². The van der Waals surface area contributed by atoms with Gasteiger partial charge in [0.05, 0.1) is 11.3 Å². The minimum Gasteiger partial charge on any atom is -0.333 e. The lowest BCUT2D eigenvalue weighted by molar-refractivity contribution is -0.139. The molecule has 2 aromatic heterocycles. The van der Waals surface area contributed by atoms with E-state index in [0.29, 0.717) is 6.07 Å². The third kappa shape index (κ3) is 2.36. The zero-order valence-electron chi connectivity index (χ0n) is 10.4. The van der Waals surface area contributed by atoms with Crippen LogP contribution in [0.1, 0.15) is 5.56 Å². The van der Waals surface area contributed by atoms with Crippen molar-refractivity contribution >= 4 is 22.8 Å². The number of hydrogen-bond donors (Lipinski definition) is 2. The van der Waals surface area contributed by atoms with Crippen molar-refractivity contribution in [1.82, 2.24) is 20.3 Å². The Bertz CT molecular complexity index is 901. The molecular formula is C11H5F4N5O2. The minimum absolute atomic E-state index is 0.0416. The minimum atomic E-state index is -4.86. The summed E-state index contributed by atoms with van der Waals surface area (Å²) in [6.07, 6.45) is -4.86. The topological polar surface area (TPSA) is 96.7 Å². The van der Waals surface area contributed by atoms with Gasteiger partial charge in [-0.2, -0.15) is 18.2 Å². The van der Waals surface area contributed by atoms with E-state index in [1.54, 1.807) is 0 Å². The zero-order valence-corrected chi connectivity index (χ0v) is 10.4. The number of alkyl halides is 3. The molecule has 114 valence electrons. The number of H-pyrrole nitrogens is 1. The monoisotopic (exact) mass is 315 g/mol. The van der Waals surface area contributed by atoms with Gasteiger partial charge in [0.2, 0.25) is 11.3 Å². The van der Waals surface area contributed by atoms with Gasteiger partial charge in [0.1, 0.15) is 0 Å². The fourth-order valence-corrected chi connectivity index (χ4v) is 1.72. The number of nitrogens with zero attached hydrogens (tertiary/aromatic N) is 3. The molecule has 0 amide bonds. The highest BCUT2D eigenvalue weighted by Gasteiger charge is 2.35. The summed E-state index contributed by atoms with van der Waals surface area (Å²) in [6.45, 7) is 0. The van der Waals surface area contributed by atoms with E-state index in [1.807, 2.05) is 0 Å². The fourth-order valence-electron chi connectivity index (χ4n) is 1.72. The maximum Gasteiger partial charge on any atom is 0.419 e. The summed E-state index contributed by atoms with van der Waals surface area (Å²) >= 11 is 0. The number of aromatic nitrogens is 4. The summed E-state index contributed by atoms with van der Waals surface area (Å²) in [7, 11) is 0. The number of halogens is 4. The molecule has 3 aromatic rings. The molecule has 2 heterocycles. The van der Waals surface area contributed by atoms with Gasteiger partial charge in [-0.15, -0.1) is 0 Å². The molecule has 1 aromatic carbocycles. The lowest BCUT2D eigenvalue weighted by atomic mass is 10.1. The Hall–Kier alpha value is -2.98. The van der Waals surface area contributed by atoms with Crippen molar-refractivity contribution in [1.29, 1.82) is 0 Å². The Morgan fingerprint density at radius 2 is 2.00 bits per heavy atom. The Balaban J connectivity index is 2.05. The van der Waals surface area contributed by atoms with Crippen LogP contribution in [0.15, 0.2) is 27.6 Å². The molecule has 0 fully saturated rings. The van der Waals surface area contributed by atoms with Gasteiger partial charge in [-0.05, 0) is 22.4 Å². The highest BCUT2D eigenvalue weighted by atomic mass is 19.4. The normalized spacial score (nSPS) is 11.8. The average molecular weight is 315 g/mol. The zero-order chi connectivity index (χ0) is 15.9. The molecule has 22 heavy (non-hydrogen) atoms. The van der Waals surface area contributed by atoms with E-state index in [0.717, 1.165) is 12.1 Å². The van der Waals surface area contributed by atoms with E-state index in [-0.39, 0.29) is 11.3 Å². The van der Waals surface area contributed by atoms with Crippen LogP contribution in [-0.2, 0) is 6.18 Å². The van der Waals surface area contributed by atoms with Crippen LogP contribution >= 0.6 is 0 Å². The first-order valence-corrected chi connectivity index (χ1v) is 5.71. The molecule has 3 rings (SSSR count). The van der Waals surface area contributed by atoms with Crippen LogP contribution in [0.5, 0.6) is 0 Å². The van der Waals surface area contributed by atoms with E-state index in [4.69, 9.17) is 0 Å². The van der Waals surface area contributed by atoms with Crippen LogP contribution in [-0.4, -0.2) is 20.3 Å². The summed E-state index contributed by atoms with van der Waals surface area (Å²) in [6, 6.07) is 2.62. The van der Waals surface area contributed by atoms with Crippen LogP contribution < -0.4 is 10.9 Å². The second-order valence-corrected chi connectivity index (χ2v) is 4.14. The standard InChI is InChI=1S/C11H5F4N5O2/c12-6-4(11(13,14)15)2-1-3-5(6)16-9-10(21)18-8-7(17-9)19-22-20-8/h1-3H,(H,16,17,19)(H,18,20,21). The molecule has 0 aliphatic heterocycles. The molecule has 7 nitrogen and oxygen atoms in total. The van der Waals surface area contributed by atoms with E-state index in [1.165, 1.54) is 0 Å². The van der Waals surface area contributed by atoms with Crippen molar-refractivity contribution in [2.75, 3.05) is 5.32 Å². The quantitative estimate of drug-likeness (QED) is 0.704. The van der Waals surface area contributed by atoms with Gasteiger partial charge < -0.3 is 5.32 Å². The Morgan fingerprint density at radius 1 is 1.23 bits per heavy atom. The lowest BCUT2D eigenvalue weighted by Crippen LogP contribution is -2.15. The average Bonchev–Trinajstić information content (AvgIpc) is 2.87. The van der Waals surface area contributed by atoms with Crippen LogP contribution in [0.2, 0.25) is 0 Å². The van der Waals surface area contributed by atoms with Crippen molar-refractivity contribution in [2.24, 2.45) is 0 Å². The first kappa shape index (κ1) is 14.0. The molecule has 11 heteroatoms. The molecular weight excluding hydrogens is 310 g/mol. The molecule has 0 saturated heterocycles. The number of benzene rings is 1. The van der Waals surface area contributed by atoms with Crippen molar-refractivity contribution in [2.45, 2.75) is 6.18 Å². The molecule has 0 saturated carbocycles. The van der Waals surface area contributed by atoms with E-state index >= 15 is 0 Å². The number of fused-ring (bicyclic) bond motifs is 1. The highest BCUT2D eigenvalue weighted by molar-refractivity contribution is 5.67. The molecule has 0 aliphatic rings. The predicted molar refractivity (Wildman–Crippen MR) is 64.9 cm³/mol.